The average Bonchev–Trinajstić information content (AvgIpc) is 2.98. The molecule has 0 saturated carbocycles. The molecule has 2 rings (SSSR count). The molecule has 7 N–H and O–H groups in total. The molecule has 1 atom stereocenters. The quantitative estimate of drug-likeness (QED) is 0.0595. The van der Waals surface area contributed by atoms with Crippen molar-refractivity contribution in [2.75, 3.05) is 22.2 Å². The maximum atomic E-state index is 13.8. The van der Waals surface area contributed by atoms with Crippen LogP contribution in [0.15, 0.2) is 46.2 Å². The average molecular weight is 695 g/mol. The molecule has 2 aromatic rings. The Morgan fingerprint density at radius 3 is 2.13 bits per heavy atom. The molecule has 46 heavy (non-hydrogen) atoms. The van der Waals surface area contributed by atoms with Gasteiger partial charge in [0, 0.05) is 17.4 Å². The molecule has 2 amide bonds. The number of carbonyl (C=O) groups excluding carboxylic acids is 2. The van der Waals surface area contributed by atoms with Crippen molar-refractivity contribution in [3.63, 3.8) is 0 Å². The summed E-state index contributed by atoms with van der Waals surface area (Å²) in [5.41, 5.74) is 4.24. The number of nitrogens with one attached hydrogen (secondary N) is 3. The van der Waals surface area contributed by atoms with E-state index in [1.165, 1.54) is 49.7 Å². The number of aliphatic carboxylic acids is 1. The van der Waals surface area contributed by atoms with Crippen molar-refractivity contribution in [2.45, 2.75) is 87.9 Å². The summed E-state index contributed by atoms with van der Waals surface area (Å²) in [5.74, 6) is -15.9. The SMILES string of the molecule is CCCCCCCCSCC(C)C(=O)Nc1cc(C)c(S(N)(=O)(O)c2ccc(NNC(=O)C(F)(F)C(F)(F)C(=O)O)cc2)cc1C. The largest absolute Gasteiger partial charge is 0.477 e. The first-order valence-corrected chi connectivity index (χ1v) is 17.8. The van der Waals surface area contributed by atoms with E-state index in [2.05, 4.69) is 12.2 Å². The number of unbranched alkanes of at least 4 members (excludes halogenated alkanes) is 5. The first-order chi connectivity index (χ1) is 21.2. The second kappa shape index (κ2) is 15.6. The summed E-state index contributed by atoms with van der Waals surface area (Å²) in [6.07, 6.45) is 7.20. The Bertz CT molecular complexity index is 1470. The van der Waals surface area contributed by atoms with E-state index in [-0.39, 0.29) is 27.3 Å². The molecule has 0 aliphatic carbocycles. The zero-order chi connectivity index (χ0) is 34.9. The van der Waals surface area contributed by atoms with Crippen LogP contribution in [0.5, 0.6) is 0 Å². The van der Waals surface area contributed by atoms with Gasteiger partial charge in [-0.1, -0.05) is 55.5 Å². The molecule has 1 unspecified atom stereocenters. The molecule has 0 aliphatic heterocycles. The van der Waals surface area contributed by atoms with Gasteiger partial charge >= 0.3 is 23.7 Å². The highest BCUT2D eigenvalue weighted by atomic mass is 32.3. The van der Waals surface area contributed by atoms with Gasteiger partial charge in [0.25, 0.3) is 0 Å². The fourth-order valence-corrected chi connectivity index (χ4v) is 7.42. The van der Waals surface area contributed by atoms with Crippen molar-refractivity contribution in [3.8, 4) is 0 Å². The number of carboxylic acids is 1. The molecule has 10 nitrogen and oxygen atoms in total. The van der Waals surface area contributed by atoms with E-state index in [4.69, 9.17) is 10.2 Å². The minimum absolute atomic E-state index is 0.139. The number of carboxylic acid groups (broad SMARTS) is 1. The van der Waals surface area contributed by atoms with Crippen LogP contribution in [0.1, 0.15) is 63.5 Å². The van der Waals surface area contributed by atoms with Gasteiger partial charge in [0.05, 0.1) is 15.5 Å². The number of hydrogen-bond acceptors (Lipinski definition) is 6. The Labute approximate surface area is 270 Å². The number of hydrazine groups is 1. The molecular weight excluding hydrogens is 652 g/mol. The number of nitrogens with two attached hydrogens (primary N) is 1. The van der Waals surface area contributed by atoms with Crippen LogP contribution in [0.2, 0.25) is 0 Å². The molecule has 0 radical (unpaired) electrons. The number of rotatable bonds is 18. The van der Waals surface area contributed by atoms with Crippen LogP contribution >= 0.6 is 11.8 Å². The number of alkyl halides is 4. The monoisotopic (exact) mass is 694 g/mol. The minimum atomic E-state index is -5.67. The zero-order valence-corrected chi connectivity index (χ0v) is 27.8. The van der Waals surface area contributed by atoms with Gasteiger partial charge in [-0.25, -0.2) is 9.93 Å². The standard InChI is InChI=1S/C30H42F4N4O6S2/c1-5-6-7-8-9-10-15-45-18-21(4)26(39)36-24-16-20(3)25(17-19(24)2)46(35,43,44)23-13-11-22(12-14-23)37-38-27(40)29(31,32)30(33,34)28(41)42/h11-14,16-17,21,37H,5-10,15,18H2,1-4H3,(H,36,39)(H,38,40)(H,41,42)(H3,35,43,44). The van der Waals surface area contributed by atoms with Crippen molar-refractivity contribution in [1.29, 1.82) is 0 Å². The number of halogens is 4. The van der Waals surface area contributed by atoms with E-state index in [1.54, 1.807) is 25.6 Å². The lowest BCUT2D eigenvalue weighted by Crippen LogP contribution is -2.57. The highest BCUT2D eigenvalue weighted by Gasteiger charge is 2.67. The highest BCUT2D eigenvalue weighted by molar-refractivity contribution is 8.13. The van der Waals surface area contributed by atoms with Crippen LogP contribution < -0.4 is 21.3 Å². The fraction of sp³-hybridized carbons (Fsp3) is 0.500. The Balaban J connectivity index is 2.09. The van der Waals surface area contributed by atoms with Gasteiger partial charge in [0.15, 0.2) is 0 Å². The van der Waals surface area contributed by atoms with E-state index >= 15 is 0 Å². The third kappa shape index (κ3) is 9.42. The molecule has 258 valence electrons. The Kier molecular flexibility index (Phi) is 13.2. The molecule has 2 aromatic carbocycles. The summed E-state index contributed by atoms with van der Waals surface area (Å²) < 4.78 is 78.9. The van der Waals surface area contributed by atoms with Crippen molar-refractivity contribution in [1.82, 2.24) is 5.43 Å². The minimum Gasteiger partial charge on any atom is -0.477 e. The van der Waals surface area contributed by atoms with E-state index in [9.17, 15) is 40.7 Å². The molecule has 0 spiro atoms. The smallest absolute Gasteiger partial charge is 0.413 e. The van der Waals surface area contributed by atoms with Crippen LogP contribution in [0.3, 0.4) is 0 Å². The summed E-state index contributed by atoms with van der Waals surface area (Å²) in [6, 6.07) is 7.15. The molecule has 0 fully saturated rings. The first-order valence-electron chi connectivity index (χ1n) is 14.6. The van der Waals surface area contributed by atoms with Gasteiger partial charge in [-0.05, 0) is 73.5 Å². The lowest BCUT2D eigenvalue weighted by atomic mass is 10.1. The molecule has 0 saturated heterocycles. The third-order valence-electron chi connectivity index (χ3n) is 7.24. The van der Waals surface area contributed by atoms with Crippen molar-refractivity contribution >= 4 is 50.5 Å². The number of amides is 2. The van der Waals surface area contributed by atoms with Gasteiger partial charge < -0.3 is 10.4 Å². The van der Waals surface area contributed by atoms with Crippen molar-refractivity contribution in [3.05, 3.63) is 47.5 Å². The molecule has 16 heteroatoms. The summed E-state index contributed by atoms with van der Waals surface area (Å²) in [6.45, 7) is 7.19. The van der Waals surface area contributed by atoms with E-state index in [0.717, 1.165) is 36.4 Å². The van der Waals surface area contributed by atoms with E-state index in [1.807, 2.05) is 12.3 Å². The number of benzene rings is 2. The fourth-order valence-electron chi connectivity index (χ4n) is 4.34. The maximum Gasteiger partial charge on any atom is 0.413 e. The number of anilines is 2. The molecule has 0 bridgehead atoms. The van der Waals surface area contributed by atoms with E-state index < -0.39 is 33.3 Å². The predicted molar refractivity (Wildman–Crippen MR) is 172 cm³/mol. The second-order valence-electron chi connectivity index (χ2n) is 11.2. The van der Waals surface area contributed by atoms with Gasteiger partial charge in [-0.15, -0.1) is 0 Å². The van der Waals surface area contributed by atoms with Crippen LogP contribution in [0, 0.1) is 19.8 Å². The summed E-state index contributed by atoms with van der Waals surface area (Å²) in [7, 11) is -5.25. The molecule has 0 aromatic heterocycles. The topological polar surface area (TPSA) is 171 Å². The zero-order valence-electron chi connectivity index (χ0n) is 26.1. The first kappa shape index (κ1) is 39.0. The second-order valence-corrected chi connectivity index (χ2v) is 15.2. The van der Waals surface area contributed by atoms with Gasteiger partial charge in [-0.2, -0.15) is 33.5 Å². The predicted octanol–water partition coefficient (Wildman–Crippen LogP) is 6.35. The van der Waals surface area contributed by atoms with Gasteiger partial charge in [0.2, 0.25) is 5.91 Å². The lowest BCUT2D eigenvalue weighted by Gasteiger charge is -2.40. The normalized spacial score (nSPS) is 13.7. The van der Waals surface area contributed by atoms with Crippen LogP contribution in [-0.4, -0.2) is 55.0 Å². The van der Waals surface area contributed by atoms with E-state index in [0.29, 0.717) is 22.6 Å². The number of aryl methyl sites for hydroxylation is 2. The van der Waals surface area contributed by atoms with Crippen molar-refractivity contribution in [2.24, 2.45) is 11.1 Å². The number of thioether (sulfide) groups is 1. The Morgan fingerprint density at radius 1 is 0.957 bits per heavy atom. The van der Waals surface area contributed by atoms with Gasteiger partial charge in [-0.3, -0.25) is 25.0 Å². The summed E-state index contributed by atoms with van der Waals surface area (Å²) in [4.78, 5) is 34.4. The van der Waals surface area contributed by atoms with Crippen LogP contribution in [-0.2, 0) is 23.9 Å². The Hall–Kier alpha value is -3.21. The summed E-state index contributed by atoms with van der Waals surface area (Å²) >= 11 is 1.73. The number of carbonyl (C=O) groups is 3. The molecule has 0 aliphatic rings. The number of hydrogen-bond donors (Lipinski definition) is 6. The summed E-state index contributed by atoms with van der Waals surface area (Å²) in [5, 5.41) is 17.3. The Morgan fingerprint density at radius 2 is 1.54 bits per heavy atom. The highest BCUT2D eigenvalue weighted by Crippen LogP contribution is 2.39. The lowest BCUT2D eigenvalue weighted by molar-refractivity contribution is -0.222. The van der Waals surface area contributed by atoms with Crippen LogP contribution in [0.4, 0.5) is 28.9 Å². The maximum absolute atomic E-state index is 13.8. The molecular formula is C30H42F4N4O6S2. The van der Waals surface area contributed by atoms with Gasteiger partial charge in [0.1, 0.15) is 0 Å². The molecule has 0 heterocycles. The van der Waals surface area contributed by atoms with Crippen molar-refractivity contribution < 1.29 is 45.8 Å². The van der Waals surface area contributed by atoms with Crippen LogP contribution in [0.25, 0.3) is 0 Å². The third-order valence-corrected chi connectivity index (χ3v) is 11.0.